The molecule has 3 aromatic rings. The lowest BCUT2D eigenvalue weighted by atomic mass is 9.95. The number of benzene rings is 1. The molecular weight excluding hydrogens is 346 g/mol. The van der Waals surface area contributed by atoms with Crippen molar-refractivity contribution < 1.29 is 0 Å². The fraction of sp³-hybridized carbons (Fsp3) is 0.478. The minimum atomic E-state index is 0.172. The van der Waals surface area contributed by atoms with Gasteiger partial charge in [0.2, 0.25) is 0 Å². The molecule has 146 valence electrons. The molecule has 2 unspecified atom stereocenters. The van der Waals surface area contributed by atoms with Crippen molar-refractivity contribution in [2.75, 3.05) is 33.7 Å². The van der Waals surface area contributed by atoms with Crippen LogP contribution < -0.4 is 0 Å². The van der Waals surface area contributed by atoms with Gasteiger partial charge in [-0.2, -0.15) is 0 Å². The Kier molecular flexibility index (Phi) is 4.44. The van der Waals surface area contributed by atoms with E-state index in [1.54, 1.807) is 11.8 Å². The molecule has 5 rings (SSSR count). The first-order chi connectivity index (χ1) is 13.6. The summed E-state index contributed by atoms with van der Waals surface area (Å²) in [4.78, 5) is 14.0. The summed E-state index contributed by atoms with van der Waals surface area (Å²) in [6.45, 7) is 5.53. The molecule has 1 aromatic carbocycles. The van der Waals surface area contributed by atoms with Crippen LogP contribution in [0.2, 0.25) is 0 Å². The highest BCUT2D eigenvalue weighted by Crippen LogP contribution is 2.44. The van der Waals surface area contributed by atoms with Crippen LogP contribution in [0.4, 0.5) is 0 Å². The molecule has 2 aromatic heterocycles. The van der Waals surface area contributed by atoms with Crippen LogP contribution >= 0.6 is 0 Å². The fourth-order valence-corrected chi connectivity index (χ4v) is 5.30. The summed E-state index contributed by atoms with van der Waals surface area (Å²) >= 11 is 0. The highest BCUT2D eigenvalue weighted by molar-refractivity contribution is 5.87. The van der Waals surface area contributed by atoms with Gasteiger partial charge in [-0.1, -0.05) is 11.6 Å². The average Bonchev–Trinajstić information content (AvgIpc) is 3.28. The van der Waals surface area contributed by atoms with Gasteiger partial charge in [-0.25, -0.2) is 0 Å². The Hall–Kier alpha value is -2.24. The largest absolute Gasteiger partial charge is 0.334 e. The smallest absolute Gasteiger partial charge is 0.0901 e. The van der Waals surface area contributed by atoms with Crippen molar-refractivity contribution in [2.45, 2.75) is 38.3 Å². The Morgan fingerprint density at radius 2 is 2.11 bits per heavy atom. The third-order valence-electron chi connectivity index (χ3n) is 6.41. The minimum absolute atomic E-state index is 0.172. The van der Waals surface area contributed by atoms with Gasteiger partial charge in [0.15, 0.2) is 0 Å². The molecule has 0 N–H and O–H groups in total. The fourth-order valence-electron chi connectivity index (χ4n) is 5.30. The van der Waals surface area contributed by atoms with Gasteiger partial charge in [0.1, 0.15) is 0 Å². The van der Waals surface area contributed by atoms with Gasteiger partial charge in [-0.05, 0) is 58.1 Å². The van der Waals surface area contributed by atoms with Gasteiger partial charge in [0.25, 0.3) is 0 Å². The van der Waals surface area contributed by atoms with Gasteiger partial charge in [-0.15, -0.1) is 0 Å². The Bertz CT molecular complexity index is 991. The first kappa shape index (κ1) is 17.8. The summed E-state index contributed by atoms with van der Waals surface area (Å²) < 4.78 is 2.59. The van der Waals surface area contributed by atoms with E-state index in [0.717, 1.165) is 18.7 Å². The van der Waals surface area contributed by atoms with Crippen molar-refractivity contribution in [2.24, 2.45) is 0 Å². The summed E-state index contributed by atoms with van der Waals surface area (Å²) in [6.07, 6.45) is 9.23. The second-order valence-electron chi connectivity index (χ2n) is 8.60. The Morgan fingerprint density at radius 3 is 2.89 bits per heavy atom. The van der Waals surface area contributed by atoms with Crippen LogP contribution in [0, 0.1) is 6.92 Å². The Labute approximate surface area is 167 Å². The number of hydrogen-bond donors (Lipinski definition) is 0. The van der Waals surface area contributed by atoms with E-state index in [9.17, 15) is 0 Å². The second-order valence-corrected chi connectivity index (χ2v) is 8.60. The van der Waals surface area contributed by atoms with Crippen LogP contribution in [-0.2, 0) is 6.42 Å². The van der Waals surface area contributed by atoms with Crippen molar-refractivity contribution in [1.29, 1.82) is 0 Å². The molecule has 0 spiro atoms. The number of hydrogen-bond acceptors (Lipinski definition) is 4. The molecule has 2 aliphatic rings. The van der Waals surface area contributed by atoms with E-state index in [2.05, 4.69) is 58.6 Å². The number of aryl methyl sites for hydroxylation is 1. The minimum Gasteiger partial charge on any atom is -0.334 e. The zero-order chi connectivity index (χ0) is 19.3. The zero-order valence-corrected chi connectivity index (χ0v) is 17.1. The lowest BCUT2D eigenvalue weighted by Crippen LogP contribution is -2.33. The molecule has 28 heavy (non-hydrogen) atoms. The van der Waals surface area contributed by atoms with Crippen LogP contribution in [0.15, 0.2) is 36.8 Å². The number of fused-ring (bicyclic) bond motifs is 5. The third kappa shape index (κ3) is 2.85. The van der Waals surface area contributed by atoms with E-state index in [1.165, 1.54) is 48.1 Å². The summed E-state index contributed by atoms with van der Waals surface area (Å²) in [5, 5.41) is 1.44. The first-order valence-corrected chi connectivity index (χ1v) is 10.4. The third-order valence-corrected chi connectivity index (χ3v) is 6.41. The van der Waals surface area contributed by atoms with Crippen LogP contribution in [0.1, 0.15) is 47.4 Å². The standard InChI is InChI=1S/C23H29N5/c1-16-6-7-19-17(13-16)23-20-5-4-11-27(20)12-8-21(23)28(19)22(15-26(2)3)18-14-24-9-10-25-18/h6-7,9-10,13-14,20,22H,4-5,8,11-12,15H2,1-3H3. The van der Waals surface area contributed by atoms with Crippen LogP contribution in [-0.4, -0.2) is 58.1 Å². The first-order valence-electron chi connectivity index (χ1n) is 10.4. The molecule has 5 nitrogen and oxygen atoms in total. The highest BCUT2D eigenvalue weighted by atomic mass is 15.2. The SMILES string of the molecule is Cc1ccc2c(c1)c1c(n2C(CN(C)C)c2cnccn2)CCN2CCCC12. The van der Waals surface area contributed by atoms with Crippen molar-refractivity contribution in [3.05, 3.63) is 59.3 Å². The van der Waals surface area contributed by atoms with Crippen molar-refractivity contribution in [3.63, 3.8) is 0 Å². The van der Waals surface area contributed by atoms with E-state index < -0.39 is 0 Å². The molecule has 1 fully saturated rings. The maximum absolute atomic E-state index is 4.71. The molecule has 0 saturated carbocycles. The molecule has 0 bridgehead atoms. The topological polar surface area (TPSA) is 37.2 Å². The lowest BCUT2D eigenvalue weighted by Gasteiger charge is -2.32. The molecule has 4 heterocycles. The van der Waals surface area contributed by atoms with Gasteiger partial charge in [0, 0.05) is 54.5 Å². The van der Waals surface area contributed by atoms with E-state index in [1.807, 2.05) is 12.4 Å². The predicted molar refractivity (Wildman–Crippen MR) is 113 cm³/mol. The number of nitrogens with zero attached hydrogens (tertiary/aromatic N) is 5. The van der Waals surface area contributed by atoms with Gasteiger partial charge < -0.3 is 9.47 Å². The second kappa shape index (κ2) is 6.98. The molecule has 2 atom stereocenters. The van der Waals surface area contributed by atoms with Gasteiger partial charge >= 0.3 is 0 Å². The van der Waals surface area contributed by atoms with Gasteiger partial charge in [0.05, 0.1) is 17.9 Å². The van der Waals surface area contributed by atoms with Gasteiger partial charge in [-0.3, -0.25) is 14.9 Å². The van der Waals surface area contributed by atoms with E-state index in [4.69, 9.17) is 4.98 Å². The Morgan fingerprint density at radius 1 is 1.21 bits per heavy atom. The Balaban J connectivity index is 1.77. The number of rotatable bonds is 4. The summed E-state index contributed by atoms with van der Waals surface area (Å²) in [6, 6.07) is 7.72. The number of aromatic nitrogens is 3. The van der Waals surface area contributed by atoms with Crippen molar-refractivity contribution >= 4 is 10.9 Å². The zero-order valence-electron chi connectivity index (χ0n) is 17.1. The van der Waals surface area contributed by atoms with E-state index in [-0.39, 0.29) is 6.04 Å². The van der Waals surface area contributed by atoms with Crippen LogP contribution in [0.3, 0.4) is 0 Å². The average molecular weight is 376 g/mol. The van der Waals surface area contributed by atoms with Crippen LogP contribution in [0.5, 0.6) is 0 Å². The summed E-state index contributed by atoms with van der Waals surface area (Å²) in [5.74, 6) is 0. The summed E-state index contributed by atoms with van der Waals surface area (Å²) in [5.41, 5.74) is 6.83. The number of likely N-dealkylation sites (N-methyl/N-ethyl adjacent to an activating group) is 1. The van der Waals surface area contributed by atoms with Crippen molar-refractivity contribution in [3.8, 4) is 0 Å². The molecule has 0 aliphatic carbocycles. The van der Waals surface area contributed by atoms with E-state index >= 15 is 0 Å². The molecule has 5 heteroatoms. The van der Waals surface area contributed by atoms with E-state index in [0.29, 0.717) is 6.04 Å². The lowest BCUT2D eigenvalue weighted by molar-refractivity contribution is 0.239. The molecule has 0 radical (unpaired) electrons. The molecule has 2 aliphatic heterocycles. The van der Waals surface area contributed by atoms with Crippen LogP contribution in [0.25, 0.3) is 10.9 Å². The quantitative estimate of drug-likeness (QED) is 0.698. The predicted octanol–water partition coefficient (Wildman–Crippen LogP) is 3.58. The normalized spacial score (nSPS) is 20.5. The maximum atomic E-state index is 4.71. The maximum Gasteiger partial charge on any atom is 0.0901 e. The monoisotopic (exact) mass is 375 g/mol. The molecule has 1 saturated heterocycles. The summed E-state index contributed by atoms with van der Waals surface area (Å²) in [7, 11) is 4.29. The highest BCUT2D eigenvalue weighted by Gasteiger charge is 2.37. The molecule has 0 amide bonds. The molecular formula is C23H29N5. The van der Waals surface area contributed by atoms with Crippen molar-refractivity contribution in [1.82, 2.24) is 24.3 Å².